The molecule has 1 aromatic rings. The first-order valence-electron chi connectivity index (χ1n) is 8.76. The molecule has 0 radical (unpaired) electrons. The minimum atomic E-state index is -0.375. The van der Waals surface area contributed by atoms with E-state index in [0.29, 0.717) is 32.0 Å². The number of amides is 2. The molecule has 2 aliphatic rings. The lowest BCUT2D eigenvalue weighted by molar-refractivity contribution is -0.141. The van der Waals surface area contributed by atoms with Crippen LogP contribution in [-0.2, 0) is 14.3 Å². The third-order valence-electron chi connectivity index (χ3n) is 4.74. The Morgan fingerprint density at radius 1 is 1.16 bits per heavy atom. The molecule has 2 amide bonds. The standard InChI is InChI=1S/C18H24FN3O3/c19-15-2-1-3-16(12-15)20-17(23)13-21-6-4-14(5-7-21)18(24)22-8-10-25-11-9-22/h1-3,12,14H,4-11,13H2,(H,20,23). The zero-order valence-electron chi connectivity index (χ0n) is 14.2. The Labute approximate surface area is 146 Å². The molecular formula is C18H24FN3O3. The van der Waals surface area contributed by atoms with E-state index in [2.05, 4.69) is 5.32 Å². The lowest BCUT2D eigenvalue weighted by Gasteiger charge is -2.35. The van der Waals surface area contributed by atoms with Crippen LogP contribution in [0.1, 0.15) is 12.8 Å². The van der Waals surface area contributed by atoms with E-state index in [1.807, 2.05) is 9.80 Å². The van der Waals surface area contributed by atoms with Gasteiger partial charge in [0.2, 0.25) is 11.8 Å². The maximum Gasteiger partial charge on any atom is 0.238 e. The number of rotatable bonds is 4. The van der Waals surface area contributed by atoms with Crippen LogP contribution in [0.25, 0.3) is 0 Å². The van der Waals surface area contributed by atoms with E-state index >= 15 is 0 Å². The first-order chi connectivity index (χ1) is 12.1. The number of morpholine rings is 1. The first kappa shape index (κ1) is 17.8. The predicted octanol–water partition coefficient (Wildman–Crippen LogP) is 1.33. The summed E-state index contributed by atoms with van der Waals surface area (Å²) in [6.45, 7) is 4.28. The number of piperidine rings is 1. The molecule has 3 rings (SSSR count). The van der Waals surface area contributed by atoms with Crippen molar-refractivity contribution in [3.8, 4) is 0 Å². The highest BCUT2D eigenvalue weighted by molar-refractivity contribution is 5.92. The van der Waals surface area contributed by atoms with E-state index in [-0.39, 0.29) is 30.1 Å². The molecule has 2 heterocycles. The summed E-state index contributed by atoms with van der Waals surface area (Å²) in [6, 6.07) is 5.86. The molecule has 0 bridgehead atoms. The van der Waals surface area contributed by atoms with E-state index < -0.39 is 0 Å². The van der Waals surface area contributed by atoms with Crippen molar-refractivity contribution >= 4 is 17.5 Å². The summed E-state index contributed by atoms with van der Waals surface area (Å²) < 4.78 is 18.4. The Morgan fingerprint density at radius 2 is 1.88 bits per heavy atom. The number of hydrogen-bond acceptors (Lipinski definition) is 4. The summed E-state index contributed by atoms with van der Waals surface area (Å²) in [5.41, 5.74) is 0.461. The minimum Gasteiger partial charge on any atom is -0.378 e. The van der Waals surface area contributed by atoms with Gasteiger partial charge in [-0.3, -0.25) is 14.5 Å². The number of carbonyl (C=O) groups is 2. The number of ether oxygens (including phenoxy) is 1. The average molecular weight is 349 g/mol. The SMILES string of the molecule is O=C(CN1CCC(C(=O)N2CCOCC2)CC1)Nc1cccc(F)c1. The van der Waals surface area contributed by atoms with Gasteiger partial charge in [0.1, 0.15) is 5.82 Å². The van der Waals surface area contributed by atoms with Gasteiger partial charge in [-0.05, 0) is 44.1 Å². The molecule has 2 saturated heterocycles. The number of nitrogens with zero attached hydrogens (tertiary/aromatic N) is 2. The van der Waals surface area contributed by atoms with Gasteiger partial charge in [0.15, 0.2) is 0 Å². The second kappa shape index (κ2) is 8.40. The van der Waals surface area contributed by atoms with Crippen LogP contribution in [0.5, 0.6) is 0 Å². The summed E-state index contributed by atoms with van der Waals surface area (Å²) >= 11 is 0. The molecule has 25 heavy (non-hydrogen) atoms. The number of likely N-dealkylation sites (tertiary alicyclic amines) is 1. The van der Waals surface area contributed by atoms with Crippen LogP contribution in [-0.4, -0.2) is 67.6 Å². The van der Waals surface area contributed by atoms with Crippen LogP contribution >= 0.6 is 0 Å². The highest BCUT2D eigenvalue weighted by atomic mass is 19.1. The van der Waals surface area contributed by atoms with Gasteiger partial charge in [-0.2, -0.15) is 0 Å². The second-order valence-corrected chi connectivity index (χ2v) is 6.55. The zero-order valence-corrected chi connectivity index (χ0v) is 14.2. The van der Waals surface area contributed by atoms with Gasteiger partial charge in [-0.25, -0.2) is 4.39 Å². The van der Waals surface area contributed by atoms with Crippen molar-refractivity contribution in [1.82, 2.24) is 9.80 Å². The van der Waals surface area contributed by atoms with E-state index in [9.17, 15) is 14.0 Å². The summed E-state index contributed by atoms with van der Waals surface area (Å²) in [6.07, 6.45) is 1.53. The van der Waals surface area contributed by atoms with Crippen LogP contribution in [0.3, 0.4) is 0 Å². The van der Waals surface area contributed by atoms with Crippen LogP contribution in [0, 0.1) is 11.7 Å². The van der Waals surface area contributed by atoms with Crippen LogP contribution in [0.15, 0.2) is 24.3 Å². The fourth-order valence-corrected chi connectivity index (χ4v) is 3.35. The Bertz CT molecular complexity index is 611. The summed E-state index contributed by atoms with van der Waals surface area (Å²) in [5.74, 6) is -0.281. The normalized spacial score (nSPS) is 19.6. The van der Waals surface area contributed by atoms with Gasteiger partial charge in [0.25, 0.3) is 0 Å². The average Bonchev–Trinajstić information content (AvgIpc) is 2.62. The molecule has 136 valence electrons. The Hall–Kier alpha value is -1.99. The summed E-state index contributed by atoms with van der Waals surface area (Å²) in [7, 11) is 0. The third-order valence-corrected chi connectivity index (χ3v) is 4.74. The second-order valence-electron chi connectivity index (χ2n) is 6.55. The van der Waals surface area contributed by atoms with Gasteiger partial charge in [-0.1, -0.05) is 6.07 Å². The maximum absolute atomic E-state index is 13.1. The van der Waals surface area contributed by atoms with Crippen molar-refractivity contribution in [2.24, 2.45) is 5.92 Å². The van der Waals surface area contributed by atoms with E-state index in [1.54, 1.807) is 12.1 Å². The molecule has 2 fully saturated rings. The molecule has 0 atom stereocenters. The zero-order chi connectivity index (χ0) is 17.6. The van der Waals surface area contributed by atoms with Crippen molar-refractivity contribution in [2.75, 3.05) is 51.3 Å². The molecule has 1 aromatic carbocycles. The lowest BCUT2D eigenvalue weighted by Crippen LogP contribution is -2.47. The summed E-state index contributed by atoms with van der Waals surface area (Å²) in [4.78, 5) is 28.5. The van der Waals surface area contributed by atoms with Gasteiger partial charge in [0, 0.05) is 24.7 Å². The van der Waals surface area contributed by atoms with Crippen LogP contribution in [0.4, 0.5) is 10.1 Å². The highest BCUT2D eigenvalue weighted by Gasteiger charge is 2.29. The maximum atomic E-state index is 13.1. The summed E-state index contributed by atoms with van der Waals surface area (Å²) in [5, 5.41) is 2.71. The molecule has 0 aliphatic carbocycles. The molecule has 1 N–H and O–H groups in total. The third kappa shape index (κ3) is 4.99. The number of carbonyl (C=O) groups excluding carboxylic acids is 2. The number of halogens is 1. The quantitative estimate of drug-likeness (QED) is 0.891. The largest absolute Gasteiger partial charge is 0.378 e. The van der Waals surface area contributed by atoms with Gasteiger partial charge in [0.05, 0.1) is 19.8 Å². The van der Waals surface area contributed by atoms with Crippen molar-refractivity contribution in [3.05, 3.63) is 30.1 Å². The highest BCUT2D eigenvalue weighted by Crippen LogP contribution is 2.20. The molecule has 7 heteroatoms. The molecule has 0 spiro atoms. The molecule has 0 saturated carbocycles. The first-order valence-corrected chi connectivity index (χ1v) is 8.76. The predicted molar refractivity (Wildman–Crippen MR) is 91.6 cm³/mol. The van der Waals surface area contributed by atoms with Gasteiger partial charge >= 0.3 is 0 Å². The van der Waals surface area contributed by atoms with E-state index in [1.165, 1.54) is 12.1 Å². The Morgan fingerprint density at radius 3 is 2.56 bits per heavy atom. The lowest BCUT2D eigenvalue weighted by atomic mass is 9.95. The molecule has 2 aliphatic heterocycles. The number of hydrogen-bond donors (Lipinski definition) is 1. The Kier molecular flexibility index (Phi) is 5.99. The fourth-order valence-electron chi connectivity index (χ4n) is 3.35. The molecule has 6 nitrogen and oxygen atoms in total. The number of benzene rings is 1. The van der Waals surface area contributed by atoms with Crippen molar-refractivity contribution < 1.29 is 18.7 Å². The van der Waals surface area contributed by atoms with E-state index in [4.69, 9.17) is 4.74 Å². The topological polar surface area (TPSA) is 61.9 Å². The fraction of sp³-hybridized carbons (Fsp3) is 0.556. The molecular weight excluding hydrogens is 325 g/mol. The van der Waals surface area contributed by atoms with Crippen LogP contribution < -0.4 is 5.32 Å². The van der Waals surface area contributed by atoms with Crippen molar-refractivity contribution in [2.45, 2.75) is 12.8 Å². The van der Waals surface area contributed by atoms with E-state index in [0.717, 1.165) is 25.9 Å². The molecule has 0 unspecified atom stereocenters. The number of nitrogens with one attached hydrogen (secondary N) is 1. The van der Waals surface area contributed by atoms with Crippen molar-refractivity contribution in [1.29, 1.82) is 0 Å². The van der Waals surface area contributed by atoms with Crippen LogP contribution in [0.2, 0.25) is 0 Å². The van der Waals surface area contributed by atoms with Gasteiger partial charge in [-0.15, -0.1) is 0 Å². The Balaban J connectivity index is 1.42. The van der Waals surface area contributed by atoms with Gasteiger partial charge < -0.3 is 15.0 Å². The molecule has 0 aromatic heterocycles. The monoisotopic (exact) mass is 349 g/mol. The number of anilines is 1. The van der Waals surface area contributed by atoms with Crippen molar-refractivity contribution in [3.63, 3.8) is 0 Å². The smallest absolute Gasteiger partial charge is 0.238 e. The minimum absolute atomic E-state index is 0.0423.